The van der Waals surface area contributed by atoms with Gasteiger partial charge in [-0.3, -0.25) is 4.79 Å². The summed E-state index contributed by atoms with van der Waals surface area (Å²) in [5.74, 6) is -0.613. The molecule has 150 valence electrons. The molecule has 29 heavy (non-hydrogen) atoms. The van der Waals surface area contributed by atoms with Crippen molar-refractivity contribution in [1.29, 1.82) is 0 Å². The van der Waals surface area contributed by atoms with Gasteiger partial charge in [0, 0.05) is 29.1 Å². The number of halogens is 1. The predicted molar refractivity (Wildman–Crippen MR) is 113 cm³/mol. The van der Waals surface area contributed by atoms with Crippen molar-refractivity contribution < 1.29 is 18.7 Å². The van der Waals surface area contributed by atoms with Crippen LogP contribution < -0.4 is 10.2 Å². The molecule has 3 aromatic rings. The van der Waals surface area contributed by atoms with E-state index in [9.17, 15) is 9.59 Å². The minimum Gasteiger partial charge on any atom is -0.465 e. The molecule has 0 spiro atoms. The van der Waals surface area contributed by atoms with Crippen LogP contribution in [0.3, 0.4) is 0 Å². The number of aryl methyl sites for hydroxylation is 1. The Morgan fingerprint density at radius 3 is 2.62 bits per heavy atom. The summed E-state index contributed by atoms with van der Waals surface area (Å²) in [6.45, 7) is 3.63. The second kappa shape index (κ2) is 7.79. The average molecular weight is 413 g/mol. The number of hydrogen-bond acceptors (Lipinski definition) is 5. The maximum absolute atomic E-state index is 13.0. The number of fused-ring (bicyclic) bond motifs is 1. The molecule has 1 fully saturated rings. The summed E-state index contributed by atoms with van der Waals surface area (Å²) in [4.78, 5) is 27.2. The number of benzene rings is 2. The summed E-state index contributed by atoms with van der Waals surface area (Å²) < 4.78 is 10.6. The van der Waals surface area contributed by atoms with Gasteiger partial charge in [-0.15, -0.1) is 0 Å². The molecular formula is C22H21ClN2O4. The number of hydrogen-bond donors (Lipinski definition) is 1. The number of carbonyl (C=O) groups excluding carboxylic acids is 2. The van der Waals surface area contributed by atoms with E-state index >= 15 is 0 Å². The van der Waals surface area contributed by atoms with Crippen LogP contribution in [0.1, 0.15) is 39.3 Å². The number of nitrogens with zero attached hydrogens (tertiary/aromatic N) is 1. The molecule has 0 bridgehead atoms. The van der Waals surface area contributed by atoms with Crippen molar-refractivity contribution in [3.63, 3.8) is 0 Å². The van der Waals surface area contributed by atoms with Crippen LogP contribution in [0.4, 0.5) is 11.4 Å². The lowest BCUT2D eigenvalue weighted by Crippen LogP contribution is -2.21. The smallest absolute Gasteiger partial charge is 0.337 e. The van der Waals surface area contributed by atoms with Gasteiger partial charge in [0.25, 0.3) is 5.91 Å². The molecule has 0 unspecified atom stereocenters. The molecule has 1 aromatic heterocycles. The van der Waals surface area contributed by atoms with Gasteiger partial charge in [0.2, 0.25) is 0 Å². The highest BCUT2D eigenvalue weighted by molar-refractivity contribution is 6.31. The lowest BCUT2D eigenvalue weighted by atomic mass is 10.1. The number of nitrogens with one attached hydrogen (secondary N) is 1. The standard InChI is InChI=1S/C22H21ClN2O4/c1-13-16-12-15(23)6-8-19(16)29-20(13)21(26)24-17-11-14(22(27)28-2)5-7-18(17)25-9-3-4-10-25/h5-8,11-12H,3-4,9-10H2,1-2H3,(H,24,26). The highest BCUT2D eigenvalue weighted by Gasteiger charge is 2.22. The Bertz CT molecular complexity index is 1100. The van der Waals surface area contributed by atoms with E-state index in [1.807, 2.05) is 13.0 Å². The first-order chi connectivity index (χ1) is 14.0. The number of esters is 1. The zero-order valence-corrected chi connectivity index (χ0v) is 17.0. The first kappa shape index (κ1) is 19.3. The summed E-state index contributed by atoms with van der Waals surface area (Å²) in [6.07, 6.45) is 2.19. The summed E-state index contributed by atoms with van der Waals surface area (Å²) in [5, 5.41) is 4.30. The molecule has 0 saturated carbocycles. The van der Waals surface area contributed by atoms with E-state index in [1.54, 1.807) is 30.3 Å². The Morgan fingerprint density at radius 1 is 1.14 bits per heavy atom. The highest BCUT2D eigenvalue weighted by atomic mass is 35.5. The number of carbonyl (C=O) groups is 2. The highest BCUT2D eigenvalue weighted by Crippen LogP contribution is 2.32. The molecule has 1 amide bonds. The van der Waals surface area contributed by atoms with Crippen molar-refractivity contribution >= 4 is 45.8 Å². The van der Waals surface area contributed by atoms with Gasteiger partial charge < -0.3 is 19.4 Å². The quantitative estimate of drug-likeness (QED) is 0.608. The third-order valence-electron chi connectivity index (χ3n) is 5.22. The Labute approximate surface area is 173 Å². The molecule has 1 N–H and O–H groups in total. The number of furan rings is 1. The van der Waals surface area contributed by atoms with Gasteiger partial charge in [-0.1, -0.05) is 11.6 Å². The number of rotatable bonds is 4. The van der Waals surface area contributed by atoms with Gasteiger partial charge in [0.15, 0.2) is 5.76 Å². The molecular weight excluding hydrogens is 392 g/mol. The summed E-state index contributed by atoms with van der Waals surface area (Å²) in [7, 11) is 1.33. The third-order valence-corrected chi connectivity index (χ3v) is 5.45. The van der Waals surface area contributed by atoms with Gasteiger partial charge in [0.1, 0.15) is 5.58 Å². The molecule has 0 radical (unpaired) electrons. The predicted octanol–water partition coefficient (Wildman–Crippen LogP) is 5.03. The fraction of sp³-hybridized carbons (Fsp3) is 0.273. The first-order valence-electron chi connectivity index (χ1n) is 9.45. The Hall–Kier alpha value is -2.99. The van der Waals surface area contributed by atoms with E-state index in [2.05, 4.69) is 10.2 Å². The lowest BCUT2D eigenvalue weighted by Gasteiger charge is -2.22. The number of anilines is 2. The van der Waals surface area contributed by atoms with Crippen LogP contribution in [0.25, 0.3) is 11.0 Å². The topological polar surface area (TPSA) is 71.8 Å². The Kier molecular flexibility index (Phi) is 5.20. The fourth-order valence-electron chi connectivity index (χ4n) is 3.70. The van der Waals surface area contributed by atoms with Crippen molar-refractivity contribution in [1.82, 2.24) is 0 Å². The molecule has 2 heterocycles. The SMILES string of the molecule is COC(=O)c1ccc(N2CCCC2)c(NC(=O)c2oc3ccc(Cl)cc3c2C)c1. The molecule has 1 saturated heterocycles. The largest absolute Gasteiger partial charge is 0.465 e. The Balaban J connectivity index is 1.71. The van der Waals surface area contributed by atoms with Gasteiger partial charge in [0.05, 0.1) is 24.0 Å². The minimum atomic E-state index is -0.456. The summed E-state index contributed by atoms with van der Waals surface area (Å²) in [5.41, 5.74) is 3.11. The van der Waals surface area contributed by atoms with Crippen LogP contribution in [0.5, 0.6) is 0 Å². The zero-order valence-electron chi connectivity index (χ0n) is 16.3. The maximum Gasteiger partial charge on any atom is 0.337 e. The van der Waals surface area contributed by atoms with Gasteiger partial charge >= 0.3 is 5.97 Å². The van der Waals surface area contributed by atoms with E-state index < -0.39 is 5.97 Å². The molecule has 1 aliphatic rings. The van der Waals surface area contributed by atoms with Gasteiger partial charge in [-0.2, -0.15) is 0 Å². The van der Waals surface area contributed by atoms with E-state index in [0.717, 1.165) is 37.0 Å². The molecule has 6 nitrogen and oxygen atoms in total. The molecule has 0 atom stereocenters. The van der Waals surface area contributed by atoms with Crippen molar-refractivity contribution in [2.24, 2.45) is 0 Å². The normalized spacial score (nSPS) is 13.7. The van der Waals surface area contributed by atoms with Crippen LogP contribution in [-0.4, -0.2) is 32.1 Å². The van der Waals surface area contributed by atoms with Crippen LogP contribution in [-0.2, 0) is 4.74 Å². The van der Waals surface area contributed by atoms with Gasteiger partial charge in [-0.05, 0) is 56.2 Å². The summed E-state index contributed by atoms with van der Waals surface area (Å²) in [6, 6.07) is 10.4. The first-order valence-corrected chi connectivity index (χ1v) is 9.83. The zero-order chi connectivity index (χ0) is 20.5. The number of ether oxygens (including phenoxy) is 1. The monoisotopic (exact) mass is 412 g/mol. The average Bonchev–Trinajstić information content (AvgIpc) is 3.36. The summed E-state index contributed by atoms with van der Waals surface area (Å²) >= 11 is 6.07. The van der Waals surface area contributed by atoms with E-state index in [1.165, 1.54) is 7.11 Å². The molecule has 1 aliphatic heterocycles. The number of amides is 1. The van der Waals surface area contributed by atoms with Crippen LogP contribution in [0, 0.1) is 6.92 Å². The molecule has 0 aliphatic carbocycles. The van der Waals surface area contributed by atoms with Crippen LogP contribution in [0.15, 0.2) is 40.8 Å². The Morgan fingerprint density at radius 2 is 1.90 bits per heavy atom. The second-order valence-corrected chi connectivity index (χ2v) is 7.50. The maximum atomic E-state index is 13.0. The van der Waals surface area contributed by atoms with Gasteiger partial charge in [-0.25, -0.2) is 4.79 Å². The van der Waals surface area contributed by atoms with Crippen LogP contribution in [0.2, 0.25) is 5.02 Å². The van der Waals surface area contributed by atoms with Crippen LogP contribution >= 0.6 is 11.6 Å². The number of methoxy groups -OCH3 is 1. The van der Waals surface area contributed by atoms with Crippen molar-refractivity contribution in [3.05, 3.63) is 58.3 Å². The second-order valence-electron chi connectivity index (χ2n) is 7.07. The van der Waals surface area contributed by atoms with E-state index in [0.29, 0.717) is 27.4 Å². The molecule has 4 rings (SSSR count). The minimum absolute atomic E-state index is 0.220. The van der Waals surface area contributed by atoms with E-state index in [-0.39, 0.29) is 11.7 Å². The van der Waals surface area contributed by atoms with Crippen molar-refractivity contribution in [2.75, 3.05) is 30.4 Å². The third kappa shape index (κ3) is 3.68. The lowest BCUT2D eigenvalue weighted by molar-refractivity contribution is 0.0600. The fourth-order valence-corrected chi connectivity index (χ4v) is 3.88. The molecule has 2 aromatic carbocycles. The molecule has 7 heteroatoms. The van der Waals surface area contributed by atoms with Crippen molar-refractivity contribution in [2.45, 2.75) is 19.8 Å². The van der Waals surface area contributed by atoms with Crippen molar-refractivity contribution in [3.8, 4) is 0 Å². The van der Waals surface area contributed by atoms with E-state index in [4.69, 9.17) is 20.8 Å².